The van der Waals surface area contributed by atoms with Gasteiger partial charge < -0.3 is 10.4 Å². The minimum Gasteiger partial charge on any atom is -0.501 e. The Morgan fingerprint density at radius 2 is 2.13 bits per heavy atom. The van der Waals surface area contributed by atoms with E-state index in [2.05, 4.69) is 10.3 Å². The van der Waals surface area contributed by atoms with Gasteiger partial charge in [0.1, 0.15) is 0 Å². The summed E-state index contributed by atoms with van der Waals surface area (Å²) in [5, 5.41) is 14.9. The van der Waals surface area contributed by atoms with Crippen molar-refractivity contribution in [2.75, 3.05) is 0 Å². The SMILES string of the molecule is O=C(NCc1ccc(Cl)c(Cl)c1)c1nc2sccn2c(=O)c1O. The highest BCUT2D eigenvalue weighted by molar-refractivity contribution is 7.15. The third kappa shape index (κ3) is 3.03. The molecule has 0 aliphatic heterocycles. The summed E-state index contributed by atoms with van der Waals surface area (Å²) in [6, 6.07) is 4.94. The van der Waals surface area contributed by atoms with Crippen molar-refractivity contribution < 1.29 is 9.90 Å². The summed E-state index contributed by atoms with van der Waals surface area (Å²) in [4.78, 5) is 28.4. The molecule has 2 heterocycles. The number of halogens is 2. The fraction of sp³-hybridized carbons (Fsp3) is 0.0714. The van der Waals surface area contributed by atoms with Gasteiger partial charge in [-0.1, -0.05) is 29.3 Å². The van der Waals surface area contributed by atoms with E-state index < -0.39 is 17.2 Å². The van der Waals surface area contributed by atoms with Gasteiger partial charge >= 0.3 is 5.56 Å². The van der Waals surface area contributed by atoms with Gasteiger partial charge in [-0.15, -0.1) is 11.3 Å². The fourth-order valence-electron chi connectivity index (χ4n) is 1.95. The Balaban J connectivity index is 1.84. The van der Waals surface area contributed by atoms with Crippen LogP contribution >= 0.6 is 34.5 Å². The molecule has 1 aromatic carbocycles. The summed E-state index contributed by atoms with van der Waals surface area (Å²) < 4.78 is 1.18. The maximum Gasteiger partial charge on any atom is 0.301 e. The van der Waals surface area contributed by atoms with Gasteiger partial charge in [-0.05, 0) is 17.7 Å². The van der Waals surface area contributed by atoms with Crippen molar-refractivity contribution in [2.24, 2.45) is 0 Å². The minimum absolute atomic E-state index is 0.153. The molecule has 3 rings (SSSR count). The van der Waals surface area contributed by atoms with Crippen molar-refractivity contribution in [3.63, 3.8) is 0 Å². The van der Waals surface area contributed by atoms with Gasteiger partial charge in [-0.3, -0.25) is 14.0 Å². The molecule has 2 aromatic heterocycles. The average molecular weight is 370 g/mol. The average Bonchev–Trinajstić information content (AvgIpc) is 3.00. The number of rotatable bonds is 3. The first-order chi connectivity index (χ1) is 11.0. The van der Waals surface area contributed by atoms with Crippen LogP contribution in [-0.4, -0.2) is 20.4 Å². The van der Waals surface area contributed by atoms with Gasteiger partial charge in [0.2, 0.25) is 5.75 Å². The van der Waals surface area contributed by atoms with Crippen LogP contribution in [0.4, 0.5) is 0 Å². The van der Waals surface area contributed by atoms with E-state index in [1.807, 2.05) is 0 Å². The first-order valence-corrected chi connectivity index (χ1v) is 8.02. The van der Waals surface area contributed by atoms with Crippen molar-refractivity contribution in [3.05, 3.63) is 61.4 Å². The van der Waals surface area contributed by atoms with Crippen LogP contribution < -0.4 is 10.9 Å². The second-order valence-corrected chi connectivity index (χ2v) is 6.29. The standard InChI is InChI=1S/C14H9Cl2N3O3S/c15-8-2-1-7(5-9(8)16)6-17-12(21)10-11(20)13(22)19-3-4-23-14(19)18-10/h1-5,20H,6H2,(H,17,21). The molecule has 0 atom stereocenters. The summed E-state index contributed by atoms with van der Waals surface area (Å²) >= 11 is 12.9. The third-order valence-electron chi connectivity index (χ3n) is 3.09. The van der Waals surface area contributed by atoms with Gasteiger partial charge in [-0.25, -0.2) is 4.98 Å². The van der Waals surface area contributed by atoms with E-state index in [4.69, 9.17) is 23.2 Å². The van der Waals surface area contributed by atoms with Crippen LogP contribution in [0.15, 0.2) is 34.6 Å². The number of nitrogens with zero attached hydrogens (tertiary/aromatic N) is 2. The molecule has 2 N–H and O–H groups in total. The van der Waals surface area contributed by atoms with Crippen molar-refractivity contribution in [3.8, 4) is 5.75 Å². The summed E-state index contributed by atoms with van der Waals surface area (Å²) in [6.07, 6.45) is 1.48. The summed E-state index contributed by atoms with van der Waals surface area (Å²) in [5.41, 5.74) is -0.269. The van der Waals surface area contributed by atoms with Crippen LogP contribution in [0.2, 0.25) is 10.0 Å². The van der Waals surface area contributed by atoms with Crippen LogP contribution in [0.1, 0.15) is 16.1 Å². The molecule has 6 nitrogen and oxygen atoms in total. The largest absolute Gasteiger partial charge is 0.501 e. The number of nitrogens with one attached hydrogen (secondary N) is 1. The third-order valence-corrected chi connectivity index (χ3v) is 4.59. The van der Waals surface area contributed by atoms with E-state index in [0.717, 1.165) is 5.56 Å². The highest BCUT2D eigenvalue weighted by Crippen LogP contribution is 2.22. The van der Waals surface area contributed by atoms with Gasteiger partial charge in [0.05, 0.1) is 10.0 Å². The maximum atomic E-state index is 12.2. The van der Waals surface area contributed by atoms with Crippen LogP contribution in [0.3, 0.4) is 0 Å². The van der Waals surface area contributed by atoms with E-state index >= 15 is 0 Å². The highest BCUT2D eigenvalue weighted by atomic mass is 35.5. The topological polar surface area (TPSA) is 83.7 Å². The highest BCUT2D eigenvalue weighted by Gasteiger charge is 2.18. The predicted molar refractivity (Wildman–Crippen MR) is 88.6 cm³/mol. The van der Waals surface area contributed by atoms with Crippen LogP contribution in [0, 0.1) is 0 Å². The number of fused-ring (bicyclic) bond motifs is 1. The Hall–Kier alpha value is -2.09. The molecule has 1 amide bonds. The molecule has 0 saturated heterocycles. The lowest BCUT2D eigenvalue weighted by Gasteiger charge is -2.07. The van der Waals surface area contributed by atoms with Gasteiger partial charge in [0.15, 0.2) is 10.7 Å². The molecule has 0 bridgehead atoms. The lowest BCUT2D eigenvalue weighted by atomic mass is 10.2. The molecular formula is C14H9Cl2N3O3S. The zero-order chi connectivity index (χ0) is 16.6. The molecule has 9 heteroatoms. The summed E-state index contributed by atoms with van der Waals surface area (Å²) in [5.74, 6) is -1.34. The predicted octanol–water partition coefficient (Wildman–Crippen LogP) is 2.70. The molecule has 0 aliphatic rings. The van der Waals surface area contributed by atoms with E-state index in [1.165, 1.54) is 21.9 Å². The summed E-state index contributed by atoms with van der Waals surface area (Å²) in [6.45, 7) is 0.153. The Bertz CT molecular complexity index is 968. The van der Waals surface area contributed by atoms with E-state index in [1.54, 1.807) is 23.6 Å². The maximum absolute atomic E-state index is 12.2. The van der Waals surface area contributed by atoms with Crippen molar-refractivity contribution in [1.29, 1.82) is 0 Å². The molecule has 0 radical (unpaired) electrons. The van der Waals surface area contributed by atoms with Gasteiger partial charge in [0.25, 0.3) is 5.91 Å². The molecule has 0 aliphatic carbocycles. The van der Waals surface area contributed by atoms with Crippen LogP contribution in [-0.2, 0) is 6.54 Å². The summed E-state index contributed by atoms with van der Waals surface area (Å²) in [7, 11) is 0. The number of aromatic hydroxyl groups is 1. The Morgan fingerprint density at radius 1 is 1.35 bits per heavy atom. The second kappa shape index (κ2) is 6.19. The van der Waals surface area contributed by atoms with Gasteiger partial charge in [0, 0.05) is 18.1 Å². The molecule has 0 fully saturated rings. The van der Waals surface area contributed by atoms with E-state index in [-0.39, 0.29) is 12.2 Å². The number of hydrogen-bond acceptors (Lipinski definition) is 5. The Labute approximate surface area is 143 Å². The zero-order valence-corrected chi connectivity index (χ0v) is 13.7. The van der Waals surface area contributed by atoms with E-state index in [0.29, 0.717) is 15.0 Å². The minimum atomic E-state index is -0.687. The smallest absolute Gasteiger partial charge is 0.301 e. The normalized spacial score (nSPS) is 10.9. The van der Waals surface area contributed by atoms with Crippen molar-refractivity contribution >= 4 is 45.4 Å². The van der Waals surface area contributed by atoms with Gasteiger partial charge in [-0.2, -0.15) is 0 Å². The van der Waals surface area contributed by atoms with Crippen molar-refractivity contribution in [1.82, 2.24) is 14.7 Å². The van der Waals surface area contributed by atoms with E-state index in [9.17, 15) is 14.7 Å². The number of carbonyl (C=O) groups is 1. The Kier molecular flexibility index (Phi) is 4.25. The molecule has 3 aromatic rings. The first-order valence-electron chi connectivity index (χ1n) is 6.38. The van der Waals surface area contributed by atoms with Crippen molar-refractivity contribution in [2.45, 2.75) is 6.54 Å². The number of amides is 1. The van der Waals surface area contributed by atoms with Crippen LogP contribution in [0.5, 0.6) is 5.75 Å². The molecule has 0 saturated carbocycles. The molecular weight excluding hydrogens is 361 g/mol. The monoisotopic (exact) mass is 369 g/mol. The number of hydrogen-bond donors (Lipinski definition) is 2. The number of aromatic nitrogens is 2. The second-order valence-electron chi connectivity index (χ2n) is 4.60. The molecule has 0 unspecified atom stereocenters. The zero-order valence-electron chi connectivity index (χ0n) is 11.4. The molecule has 118 valence electrons. The molecule has 0 spiro atoms. The lowest BCUT2D eigenvalue weighted by molar-refractivity contribution is 0.0943. The Morgan fingerprint density at radius 3 is 2.87 bits per heavy atom. The fourth-order valence-corrected chi connectivity index (χ4v) is 2.97. The quantitative estimate of drug-likeness (QED) is 0.743. The molecule has 23 heavy (non-hydrogen) atoms. The van der Waals surface area contributed by atoms with Crippen LogP contribution in [0.25, 0.3) is 4.96 Å². The lowest BCUT2D eigenvalue weighted by Crippen LogP contribution is -2.27. The first kappa shape index (κ1) is 15.8. The number of thiazole rings is 1. The number of carbonyl (C=O) groups excluding carboxylic acids is 1. The number of benzene rings is 1.